The lowest BCUT2D eigenvalue weighted by atomic mass is 9.58. The molecule has 1 aliphatic carbocycles. The number of allylic oxidation sites excluding steroid dienone is 2. The summed E-state index contributed by atoms with van der Waals surface area (Å²) in [6.07, 6.45) is 5.68. The normalized spacial score (nSPS) is 28.7. The number of hydrogen-bond donors (Lipinski definition) is 3. The van der Waals surface area contributed by atoms with E-state index in [0.29, 0.717) is 23.2 Å². The van der Waals surface area contributed by atoms with Gasteiger partial charge in [0.2, 0.25) is 0 Å². The molecule has 102 valence electrons. The Kier molecular flexibility index (Phi) is 6.69. The molecule has 0 saturated heterocycles. The Morgan fingerprint density at radius 1 is 1.61 bits per heavy atom. The highest BCUT2D eigenvalue weighted by atomic mass is 127. The van der Waals surface area contributed by atoms with Gasteiger partial charge in [-0.1, -0.05) is 35.6 Å². The summed E-state index contributed by atoms with van der Waals surface area (Å²) in [6, 6.07) is 0. The lowest BCUT2D eigenvalue weighted by molar-refractivity contribution is 0.0900. The second-order valence-corrected chi connectivity index (χ2v) is 5.53. The van der Waals surface area contributed by atoms with Crippen LogP contribution in [0, 0.1) is 5.41 Å². The lowest BCUT2D eigenvalue weighted by Crippen LogP contribution is -2.39. The summed E-state index contributed by atoms with van der Waals surface area (Å²) in [6.45, 7) is 2.50. The van der Waals surface area contributed by atoms with Gasteiger partial charge >= 0.3 is 0 Å². The molecule has 1 rings (SSSR count). The van der Waals surface area contributed by atoms with E-state index in [2.05, 4.69) is 22.6 Å². The number of rotatable bonds is 7. The Balaban J connectivity index is 2.72. The molecular formula is C12H20BIO4. The molecule has 0 aromatic heterocycles. The number of alkyl halides is 1. The van der Waals surface area contributed by atoms with Gasteiger partial charge in [0.05, 0.1) is 12.7 Å². The zero-order valence-electron chi connectivity index (χ0n) is 10.6. The van der Waals surface area contributed by atoms with E-state index in [4.69, 9.17) is 9.84 Å². The third kappa shape index (κ3) is 3.72. The van der Waals surface area contributed by atoms with Crippen molar-refractivity contribution in [2.75, 3.05) is 17.6 Å². The second kappa shape index (κ2) is 7.52. The van der Waals surface area contributed by atoms with Gasteiger partial charge in [0.15, 0.2) is 0 Å². The van der Waals surface area contributed by atoms with Crippen LogP contribution in [0.15, 0.2) is 24.0 Å². The minimum atomic E-state index is -0.498. The fourth-order valence-corrected chi connectivity index (χ4v) is 2.89. The van der Waals surface area contributed by atoms with E-state index in [-0.39, 0.29) is 19.9 Å². The van der Waals surface area contributed by atoms with Gasteiger partial charge in [-0.3, -0.25) is 0 Å². The number of halogens is 1. The molecular weight excluding hydrogens is 346 g/mol. The van der Waals surface area contributed by atoms with Gasteiger partial charge < -0.3 is 20.0 Å². The molecule has 0 amide bonds. The summed E-state index contributed by atoms with van der Waals surface area (Å²) in [4.78, 5) is 0. The summed E-state index contributed by atoms with van der Waals surface area (Å²) < 4.78 is 6.10. The Bertz CT molecular complexity index is 321. The van der Waals surface area contributed by atoms with Crippen molar-refractivity contribution >= 4 is 30.1 Å². The molecule has 0 fully saturated rings. The molecule has 0 aromatic carbocycles. The van der Waals surface area contributed by atoms with Crippen LogP contribution in [-0.2, 0) is 4.74 Å². The fourth-order valence-electron chi connectivity index (χ4n) is 1.94. The highest BCUT2D eigenvalue weighted by Crippen LogP contribution is 2.42. The van der Waals surface area contributed by atoms with E-state index < -0.39 is 11.5 Å². The van der Waals surface area contributed by atoms with Crippen LogP contribution in [0.3, 0.4) is 0 Å². The molecule has 0 aromatic rings. The third-order valence-corrected chi connectivity index (χ3v) is 4.24. The van der Waals surface area contributed by atoms with Gasteiger partial charge in [0.25, 0.3) is 7.48 Å². The van der Waals surface area contributed by atoms with Gasteiger partial charge in [-0.05, 0) is 18.0 Å². The van der Waals surface area contributed by atoms with Crippen LogP contribution < -0.4 is 0 Å². The first-order valence-corrected chi connectivity index (χ1v) is 7.60. The van der Waals surface area contributed by atoms with E-state index in [0.717, 1.165) is 0 Å². The van der Waals surface area contributed by atoms with E-state index >= 15 is 0 Å². The Morgan fingerprint density at radius 3 is 2.89 bits per heavy atom. The van der Waals surface area contributed by atoms with Crippen molar-refractivity contribution < 1.29 is 20.0 Å². The van der Waals surface area contributed by atoms with Gasteiger partial charge in [-0.2, -0.15) is 0 Å². The van der Waals surface area contributed by atoms with E-state index in [9.17, 15) is 10.1 Å². The second-order valence-electron chi connectivity index (χ2n) is 4.65. The third-order valence-electron chi connectivity index (χ3n) is 3.40. The molecule has 0 bridgehead atoms. The lowest BCUT2D eigenvalue weighted by Gasteiger charge is -2.38. The topological polar surface area (TPSA) is 69.9 Å². The molecule has 0 spiro atoms. The number of ether oxygens (including phenoxy) is 1. The number of hydrogen-bond acceptors (Lipinski definition) is 4. The quantitative estimate of drug-likeness (QED) is 0.270. The zero-order valence-corrected chi connectivity index (χ0v) is 12.7. The van der Waals surface area contributed by atoms with Gasteiger partial charge in [-0.25, -0.2) is 0 Å². The smallest absolute Gasteiger partial charge is 0.278 e. The first-order chi connectivity index (χ1) is 8.58. The van der Waals surface area contributed by atoms with E-state index in [1.54, 1.807) is 0 Å². The van der Waals surface area contributed by atoms with Crippen molar-refractivity contribution in [3.8, 4) is 0 Å². The summed E-state index contributed by atoms with van der Waals surface area (Å²) in [5, 5.41) is 28.2. The van der Waals surface area contributed by atoms with Crippen molar-refractivity contribution in [1.29, 1.82) is 0 Å². The summed E-state index contributed by atoms with van der Waals surface area (Å²) in [7, 11) is -0.0264. The molecule has 18 heavy (non-hydrogen) atoms. The van der Waals surface area contributed by atoms with Crippen LogP contribution in [0.25, 0.3) is 0 Å². The maximum absolute atomic E-state index is 10.1. The molecule has 0 saturated carbocycles. The minimum absolute atomic E-state index is 0.0264. The molecule has 6 heteroatoms. The predicted octanol–water partition coefficient (Wildman–Crippen LogP) is 0.774. The SMILES string of the molecule is CC1(C(O)CI)C=CC(OCCCO)=CC1BO. The first-order valence-electron chi connectivity index (χ1n) is 6.08. The van der Waals surface area contributed by atoms with Crippen LogP contribution in [0.4, 0.5) is 0 Å². The molecule has 3 unspecified atom stereocenters. The maximum atomic E-state index is 10.1. The average molecular weight is 366 g/mol. The van der Waals surface area contributed by atoms with Gasteiger partial charge in [-0.15, -0.1) is 0 Å². The molecule has 0 radical (unpaired) electrons. The van der Waals surface area contributed by atoms with Crippen molar-refractivity contribution in [3.63, 3.8) is 0 Å². The Labute approximate surface area is 122 Å². The molecule has 3 N–H and O–H groups in total. The summed E-state index contributed by atoms with van der Waals surface area (Å²) in [5.74, 6) is 0.539. The van der Waals surface area contributed by atoms with Gasteiger partial charge in [0.1, 0.15) is 5.76 Å². The van der Waals surface area contributed by atoms with Gasteiger partial charge in [0, 0.05) is 22.9 Å². The molecule has 1 aliphatic rings. The van der Waals surface area contributed by atoms with Crippen LogP contribution in [0.2, 0.25) is 5.82 Å². The van der Waals surface area contributed by atoms with Crippen molar-refractivity contribution in [2.24, 2.45) is 5.41 Å². The van der Waals surface area contributed by atoms with Crippen molar-refractivity contribution in [3.05, 3.63) is 24.0 Å². The van der Waals surface area contributed by atoms with Crippen LogP contribution >= 0.6 is 22.6 Å². The average Bonchev–Trinajstić information content (AvgIpc) is 2.39. The molecule has 3 atom stereocenters. The fraction of sp³-hybridized carbons (Fsp3) is 0.667. The monoisotopic (exact) mass is 366 g/mol. The maximum Gasteiger partial charge on any atom is 0.278 e. The van der Waals surface area contributed by atoms with E-state index in [1.165, 1.54) is 0 Å². The van der Waals surface area contributed by atoms with Crippen LogP contribution in [0.5, 0.6) is 0 Å². The van der Waals surface area contributed by atoms with E-state index in [1.807, 2.05) is 25.2 Å². The number of aliphatic hydroxyl groups is 2. The van der Waals surface area contributed by atoms with Crippen molar-refractivity contribution in [1.82, 2.24) is 0 Å². The highest BCUT2D eigenvalue weighted by molar-refractivity contribution is 14.1. The Morgan fingerprint density at radius 2 is 2.33 bits per heavy atom. The first kappa shape index (κ1) is 16.0. The van der Waals surface area contributed by atoms with Crippen LogP contribution in [-0.4, -0.2) is 46.5 Å². The Hall–Kier alpha value is -0.0451. The molecule has 0 aliphatic heterocycles. The standard InChI is InChI=1S/C12H20BIO4/c1-12(11(16)8-14)4-3-9(7-10(12)13-17)18-6-2-5-15/h3-4,7,10-11,13,15-17H,2,5-6,8H2,1H3. The summed E-state index contributed by atoms with van der Waals surface area (Å²) in [5.41, 5.74) is -0.459. The molecule has 4 nitrogen and oxygen atoms in total. The number of aliphatic hydroxyl groups excluding tert-OH is 2. The largest absolute Gasteiger partial charge is 0.494 e. The highest BCUT2D eigenvalue weighted by Gasteiger charge is 2.39. The zero-order chi connectivity index (χ0) is 13.6. The van der Waals surface area contributed by atoms with Crippen molar-refractivity contribution in [2.45, 2.75) is 25.3 Å². The predicted molar refractivity (Wildman–Crippen MR) is 81.0 cm³/mol. The minimum Gasteiger partial charge on any atom is -0.494 e. The van der Waals surface area contributed by atoms with Crippen LogP contribution in [0.1, 0.15) is 13.3 Å². The molecule has 0 heterocycles. The summed E-state index contributed by atoms with van der Waals surface area (Å²) >= 11 is 2.14.